The predicted octanol–water partition coefficient (Wildman–Crippen LogP) is 5.19. The van der Waals surface area contributed by atoms with Crippen molar-refractivity contribution in [2.75, 3.05) is 5.32 Å². The van der Waals surface area contributed by atoms with Gasteiger partial charge in [-0.2, -0.15) is 0 Å². The number of hydrogen-bond acceptors (Lipinski definition) is 4. The third kappa shape index (κ3) is 5.44. The standard InChI is InChI=1S/C27H26N2O4S/c1-19(25-8-4-6-22-5-2-3-7-26(22)25)28-27(31)29-23-13-15-24(16-14-23)34(32,33)18-21-11-9-20(17-30)10-12-21/h2-16,19,30H,17-18H2,1H3,(H2,28,29,31). The molecular weight excluding hydrogens is 448 g/mol. The molecule has 2 amide bonds. The van der Waals surface area contributed by atoms with Gasteiger partial charge < -0.3 is 15.7 Å². The molecule has 4 aromatic carbocycles. The van der Waals surface area contributed by atoms with Crippen molar-refractivity contribution in [3.8, 4) is 0 Å². The van der Waals surface area contributed by atoms with Crippen LogP contribution in [0.1, 0.15) is 29.7 Å². The van der Waals surface area contributed by atoms with Crippen molar-refractivity contribution in [2.45, 2.75) is 30.2 Å². The summed E-state index contributed by atoms with van der Waals surface area (Å²) in [6, 6.07) is 26.3. The van der Waals surface area contributed by atoms with Gasteiger partial charge in [0.1, 0.15) is 0 Å². The second-order valence-electron chi connectivity index (χ2n) is 8.15. The molecule has 0 fully saturated rings. The van der Waals surface area contributed by atoms with E-state index < -0.39 is 9.84 Å². The van der Waals surface area contributed by atoms with E-state index in [1.54, 1.807) is 36.4 Å². The Labute approximate surface area is 199 Å². The molecular formula is C27H26N2O4S. The summed E-state index contributed by atoms with van der Waals surface area (Å²) in [5.41, 5.74) is 2.88. The summed E-state index contributed by atoms with van der Waals surface area (Å²) in [6.45, 7) is 1.83. The second kappa shape index (κ2) is 10.1. The molecule has 6 nitrogen and oxygen atoms in total. The number of fused-ring (bicyclic) bond motifs is 1. The number of anilines is 1. The van der Waals surface area contributed by atoms with Gasteiger partial charge in [0.15, 0.2) is 9.84 Å². The van der Waals surface area contributed by atoms with Crippen molar-refractivity contribution >= 4 is 32.3 Å². The van der Waals surface area contributed by atoms with Gasteiger partial charge in [-0.1, -0.05) is 66.7 Å². The number of benzene rings is 4. The van der Waals surface area contributed by atoms with E-state index in [2.05, 4.69) is 10.6 Å². The lowest BCUT2D eigenvalue weighted by Gasteiger charge is -2.17. The summed E-state index contributed by atoms with van der Waals surface area (Å²) in [5, 5.41) is 17.0. The maximum absolute atomic E-state index is 12.7. The maximum Gasteiger partial charge on any atom is 0.319 e. The topological polar surface area (TPSA) is 95.5 Å². The highest BCUT2D eigenvalue weighted by Gasteiger charge is 2.16. The molecule has 0 aliphatic rings. The third-order valence-electron chi connectivity index (χ3n) is 5.67. The summed E-state index contributed by atoms with van der Waals surface area (Å²) in [5.74, 6) is -0.144. The Bertz CT molecular complexity index is 1390. The van der Waals surface area contributed by atoms with Gasteiger partial charge in [-0.05, 0) is 58.7 Å². The van der Waals surface area contributed by atoms with Crippen molar-refractivity contribution in [2.24, 2.45) is 0 Å². The number of nitrogens with one attached hydrogen (secondary N) is 2. The van der Waals surface area contributed by atoms with Crippen molar-refractivity contribution in [3.63, 3.8) is 0 Å². The van der Waals surface area contributed by atoms with Gasteiger partial charge in [0.25, 0.3) is 0 Å². The van der Waals surface area contributed by atoms with Gasteiger partial charge in [-0.15, -0.1) is 0 Å². The first-order valence-corrected chi connectivity index (χ1v) is 12.6. The van der Waals surface area contributed by atoms with E-state index in [-0.39, 0.29) is 29.3 Å². The average Bonchev–Trinajstić information content (AvgIpc) is 2.84. The number of aliphatic hydroxyl groups is 1. The highest BCUT2D eigenvalue weighted by atomic mass is 32.2. The molecule has 0 saturated heterocycles. The number of amides is 2. The lowest BCUT2D eigenvalue weighted by Crippen LogP contribution is -2.31. The van der Waals surface area contributed by atoms with Crippen molar-refractivity contribution in [1.29, 1.82) is 0 Å². The smallest absolute Gasteiger partial charge is 0.319 e. The maximum atomic E-state index is 12.7. The molecule has 0 spiro atoms. The van der Waals surface area contributed by atoms with Crippen molar-refractivity contribution < 1.29 is 18.3 Å². The van der Waals surface area contributed by atoms with Crippen LogP contribution >= 0.6 is 0 Å². The molecule has 0 saturated carbocycles. The minimum Gasteiger partial charge on any atom is -0.392 e. The SMILES string of the molecule is CC(NC(=O)Nc1ccc(S(=O)(=O)Cc2ccc(CO)cc2)cc1)c1cccc2ccccc12. The normalized spacial score (nSPS) is 12.3. The van der Waals surface area contributed by atoms with Gasteiger partial charge in [0.2, 0.25) is 0 Å². The molecule has 34 heavy (non-hydrogen) atoms. The van der Waals surface area contributed by atoms with Crippen LogP contribution in [-0.2, 0) is 22.2 Å². The molecule has 0 aliphatic carbocycles. The fourth-order valence-electron chi connectivity index (χ4n) is 3.86. The van der Waals surface area contributed by atoms with E-state index in [0.717, 1.165) is 21.9 Å². The Morgan fingerprint density at radius 2 is 1.50 bits per heavy atom. The van der Waals surface area contributed by atoms with Crippen LogP contribution in [0.5, 0.6) is 0 Å². The zero-order valence-corrected chi connectivity index (χ0v) is 19.5. The van der Waals surface area contributed by atoms with E-state index in [9.17, 15) is 13.2 Å². The van der Waals surface area contributed by atoms with Gasteiger partial charge in [-0.3, -0.25) is 0 Å². The zero-order valence-electron chi connectivity index (χ0n) is 18.7. The quantitative estimate of drug-likeness (QED) is 0.344. The van der Waals surface area contributed by atoms with E-state index >= 15 is 0 Å². The summed E-state index contributed by atoms with van der Waals surface area (Å²) >= 11 is 0. The van der Waals surface area contributed by atoms with Crippen LogP contribution < -0.4 is 10.6 Å². The Morgan fingerprint density at radius 1 is 0.853 bits per heavy atom. The lowest BCUT2D eigenvalue weighted by molar-refractivity contribution is 0.249. The van der Waals surface area contributed by atoms with E-state index in [1.165, 1.54) is 12.1 Å². The van der Waals surface area contributed by atoms with Crippen LogP contribution in [-0.4, -0.2) is 19.6 Å². The highest BCUT2D eigenvalue weighted by Crippen LogP contribution is 2.24. The fraction of sp³-hybridized carbons (Fsp3) is 0.148. The average molecular weight is 475 g/mol. The monoisotopic (exact) mass is 474 g/mol. The Balaban J connectivity index is 1.40. The molecule has 4 rings (SSSR count). The van der Waals surface area contributed by atoms with Crippen LogP contribution in [0.2, 0.25) is 0 Å². The van der Waals surface area contributed by atoms with Crippen molar-refractivity contribution in [3.05, 3.63) is 108 Å². The number of rotatable bonds is 7. The molecule has 1 unspecified atom stereocenters. The summed E-state index contributed by atoms with van der Waals surface area (Å²) in [7, 11) is -3.54. The Hall–Kier alpha value is -3.68. The number of aliphatic hydroxyl groups excluding tert-OH is 1. The van der Waals surface area contributed by atoms with E-state index in [4.69, 9.17) is 5.11 Å². The second-order valence-corrected chi connectivity index (χ2v) is 10.1. The fourth-order valence-corrected chi connectivity index (χ4v) is 5.21. The summed E-state index contributed by atoms with van der Waals surface area (Å²) < 4.78 is 25.5. The van der Waals surface area contributed by atoms with Gasteiger partial charge in [0.05, 0.1) is 23.3 Å². The Morgan fingerprint density at radius 3 is 2.21 bits per heavy atom. The minimum atomic E-state index is -3.54. The molecule has 0 radical (unpaired) electrons. The van der Waals surface area contributed by atoms with Crippen LogP contribution in [0.25, 0.3) is 10.8 Å². The van der Waals surface area contributed by atoms with Crippen LogP contribution in [0.15, 0.2) is 95.9 Å². The number of carbonyl (C=O) groups excluding carboxylic acids is 1. The van der Waals surface area contributed by atoms with E-state index in [0.29, 0.717) is 11.3 Å². The molecule has 174 valence electrons. The lowest BCUT2D eigenvalue weighted by atomic mass is 10.00. The van der Waals surface area contributed by atoms with E-state index in [1.807, 2.05) is 49.4 Å². The van der Waals surface area contributed by atoms with Gasteiger partial charge >= 0.3 is 6.03 Å². The molecule has 0 heterocycles. The largest absolute Gasteiger partial charge is 0.392 e. The van der Waals surface area contributed by atoms with Gasteiger partial charge in [-0.25, -0.2) is 13.2 Å². The summed E-state index contributed by atoms with van der Waals surface area (Å²) in [4.78, 5) is 12.7. The van der Waals surface area contributed by atoms with Crippen molar-refractivity contribution in [1.82, 2.24) is 5.32 Å². The number of carbonyl (C=O) groups is 1. The molecule has 0 aromatic heterocycles. The zero-order chi connectivity index (χ0) is 24.1. The number of sulfone groups is 1. The summed E-state index contributed by atoms with van der Waals surface area (Å²) in [6.07, 6.45) is 0. The molecule has 0 aliphatic heterocycles. The molecule has 0 bridgehead atoms. The third-order valence-corrected chi connectivity index (χ3v) is 7.37. The first-order valence-electron chi connectivity index (χ1n) is 10.9. The molecule has 1 atom stereocenters. The first-order chi connectivity index (χ1) is 16.4. The molecule has 7 heteroatoms. The minimum absolute atomic E-state index is 0.0875. The molecule has 4 aromatic rings. The Kier molecular flexibility index (Phi) is 6.95. The number of urea groups is 1. The van der Waals surface area contributed by atoms with Gasteiger partial charge in [0, 0.05) is 5.69 Å². The predicted molar refractivity (Wildman–Crippen MR) is 134 cm³/mol. The van der Waals surface area contributed by atoms with Crippen LogP contribution in [0.4, 0.5) is 10.5 Å². The van der Waals surface area contributed by atoms with Crippen LogP contribution in [0.3, 0.4) is 0 Å². The first kappa shape index (κ1) is 23.5. The molecule has 3 N–H and O–H groups in total. The number of hydrogen-bond donors (Lipinski definition) is 3. The highest BCUT2D eigenvalue weighted by molar-refractivity contribution is 7.90. The van der Waals surface area contributed by atoms with Crippen LogP contribution in [0, 0.1) is 0 Å².